The molecule has 1 N–H and O–H groups in total. The molecule has 0 saturated heterocycles. The fraction of sp³-hybridized carbons (Fsp3) is 0.158. The van der Waals surface area contributed by atoms with Gasteiger partial charge in [0.2, 0.25) is 15.8 Å². The number of benzene rings is 2. The minimum Gasteiger partial charge on any atom is -0.453 e. The average Bonchev–Trinajstić information content (AvgIpc) is 2.66. The second kappa shape index (κ2) is 9.20. The van der Waals surface area contributed by atoms with Crippen molar-refractivity contribution in [2.75, 3.05) is 6.54 Å². The van der Waals surface area contributed by atoms with E-state index in [1.807, 2.05) is 0 Å². The van der Waals surface area contributed by atoms with Gasteiger partial charge in [-0.05, 0) is 42.8 Å². The van der Waals surface area contributed by atoms with Gasteiger partial charge in [-0.25, -0.2) is 17.5 Å². The molecule has 6 nitrogen and oxygen atoms in total. The third kappa shape index (κ3) is 6.76. The zero-order valence-electron chi connectivity index (χ0n) is 14.5. The molecule has 0 aliphatic carbocycles. The Morgan fingerprint density at radius 2 is 1.74 bits per heavy atom. The Bertz CT molecular complexity index is 924. The monoisotopic (exact) mass is 391 g/mol. The number of esters is 1. The van der Waals surface area contributed by atoms with Gasteiger partial charge >= 0.3 is 5.97 Å². The van der Waals surface area contributed by atoms with Crippen LogP contribution in [0, 0.1) is 5.82 Å². The van der Waals surface area contributed by atoms with Gasteiger partial charge in [-0.2, -0.15) is 0 Å². The van der Waals surface area contributed by atoms with Crippen LogP contribution in [-0.2, 0) is 19.6 Å². The van der Waals surface area contributed by atoms with Gasteiger partial charge < -0.3 is 4.74 Å². The normalized spacial score (nSPS) is 12.7. The topological polar surface area (TPSA) is 89.5 Å². The van der Waals surface area contributed by atoms with Crippen molar-refractivity contribution in [1.82, 2.24) is 4.72 Å². The number of hydrogen-bond acceptors (Lipinski definition) is 5. The first-order chi connectivity index (χ1) is 12.8. The molecule has 0 unspecified atom stereocenters. The van der Waals surface area contributed by atoms with Crippen molar-refractivity contribution >= 4 is 27.9 Å². The van der Waals surface area contributed by atoms with Gasteiger partial charge in [0.05, 0.1) is 0 Å². The number of Topliss-reactive ketones (excluding diaryl/α,β-unsaturated/α-hetero) is 1. The molecule has 0 saturated carbocycles. The minimum absolute atomic E-state index is 0.183. The van der Waals surface area contributed by atoms with E-state index in [-0.39, 0.29) is 5.56 Å². The first-order valence-corrected chi connectivity index (χ1v) is 9.53. The lowest BCUT2D eigenvalue weighted by Gasteiger charge is -2.12. The maximum atomic E-state index is 12.9. The number of carbonyl (C=O) groups excluding carboxylic acids is 2. The molecule has 0 spiro atoms. The number of sulfonamides is 1. The highest BCUT2D eigenvalue weighted by Crippen LogP contribution is 2.08. The number of ketones is 1. The largest absolute Gasteiger partial charge is 0.453 e. The first kappa shape index (κ1) is 20.5. The maximum Gasteiger partial charge on any atom is 0.321 e. The highest BCUT2D eigenvalue weighted by molar-refractivity contribution is 7.92. The van der Waals surface area contributed by atoms with Crippen molar-refractivity contribution in [3.63, 3.8) is 0 Å². The highest BCUT2D eigenvalue weighted by Gasteiger charge is 2.20. The summed E-state index contributed by atoms with van der Waals surface area (Å²) < 4.78 is 43.6. The Labute approximate surface area is 156 Å². The quantitative estimate of drug-likeness (QED) is 0.552. The maximum absolute atomic E-state index is 12.9. The number of ether oxygens (including phenoxy) is 1. The Morgan fingerprint density at radius 1 is 1.11 bits per heavy atom. The molecule has 142 valence electrons. The average molecular weight is 391 g/mol. The molecule has 8 heteroatoms. The molecule has 0 heterocycles. The summed E-state index contributed by atoms with van der Waals surface area (Å²) in [5.41, 5.74) is 0.868. The van der Waals surface area contributed by atoms with E-state index in [0.717, 1.165) is 17.5 Å². The number of carbonyl (C=O) groups is 2. The first-order valence-electron chi connectivity index (χ1n) is 7.99. The highest BCUT2D eigenvalue weighted by atomic mass is 32.2. The summed E-state index contributed by atoms with van der Waals surface area (Å²) in [6.07, 6.45) is 0.251. The van der Waals surface area contributed by atoms with E-state index in [1.54, 1.807) is 30.3 Å². The molecule has 0 aromatic heterocycles. The molecule has 0 aliphatic rings. The van der Waals surface area contributed by atoms with Crippen LogP contribution in [0.4, 0.5) is 4.39 Å². The molecular weight excluding hydrogens is 373 g/mol. The molecule has 2 rings (SSSR count). The zero-order chi connectivity index (χ0) is 19.9. The van der Waals surface area contributed by atoms with Gasteiger partial charge in [0.1, 0.15) is 12.4 Å². The Hall–Kier alpha value is -2.84. The molecule has 1 atom stereocenters. The van der Waals surface area contributed by atoms with Crippen LogP contribution in [0.15, 0.2) is 60.0 Å². The van der Waals surface area contributed by atoms with E-state index >= 15 is 0 Å². The summed E-state index contributed by atoms with van der Waals surface area (Å²) in [6, 6.07) is 13.6. The summed E-state index contributed by atoms with van der Waals surface area (Å²) in [5.74, 6) is -1.92. The van der Waals surface area contributed by atoms with Crippen molar-refractivity contribution in [1.29, 1.82) is 0 Å². The number of rotatable bonds is 8. The third-order valence-corrected chi connectivity index (χ3v) is 4.50. The van der Waals surface area contributed by atoms with Crippen LogP contribution in [-0.4, -0.2) is 32.8 Å². The van der Waals surface area contributed by atoms with Gasteiger partial charge in [-0.1, -0.05) is 30.3 Å². The molecule has 0 aliphatic heterocycles. The zero-order valence-corrected chi connectivity index (χ0v) is 15.3. The molecule has 0 fully saturated rings. The van der Waals surface area contributed by atoms with Crippen molar-refractivity contribution in [2.24, 2.45) is 0 Å². The third-order valence-electron chi connectivity index (χ3n) is 3.46. The van der Waals surface area contributed by atoms with E-state index < -0.39 is 40.2 Å². The van der Waals surface area contributed by atoms with Crippen LogP contribution in [0.1, 0.15) is 22.8 Å². The van der Waals surface area contributed by atoms with Crippen molar-refractivity contribution < 1.29 is 27.1 Å². The van der Waals surface area contributed by atoms with Crippen LogP contribution in [0.25, 0.3) is 6.08 Å². The smallest absolute Gasteiger partial charge is 0.321 e. The number of halogens is 1. The molecule has 0 radical (unpaired) electrons. The fourth-order valence-corrected chi connectivity index (χ4v) is 2.83. The van der Waals surface area contributed by atoms with E-state index in [4.69, 9.17) is 4.74 Å². The lowest BCUT2D eigenvalue weighted by molar-refractivity contribution is -0.144. The molecule has 2 aromatic rings. The lowest BCUT2D eigenvalue weighted by atomic mass is 10.1. The SMILES string of the molecule is C[C@H](OC(=O)CNS(=O)(=O)/C=C/c1ccccc1)C(=O)c1ccc(F)cc1. The van der Waals surface area contributed by atoms with Gasteiger partial charge in [0, 0.05) is 11.0 Å². The number of nitrogens with one attached hydrogen (secondary N) is 1. The summed E-state index contributed by atoms with van der Waals surface area (Å²) in [7, 11) is -3.85. The van der Waals surface area contributed by atoms with Gasteiger partial charge in [-0.3, -0.25) is 9.59 Å². The number of hydrogen-bond donors (Lipinski definition) is 1. The second-order valence-corrected chi connectivity index (χ2v) is 7.23. The van der Waals surface area contributed by atoms with E-state index in [1.165, 1.54) is 25.1 Å². The van der Waals surface area contributed by atoms with Gasteiger partial charge in [-0.15, -0.1) is 0 Å². The van der Waals surface area contributed by atoms with E-state index in [9.17, 15) is 22.4 Å². The van der Waals surface area contributed by atoms with Gasteiger partial charge in [0.25, 0.3) is 0 Å². The summed E-state index contributed by atoms with van der Waals surface area (Å²) in [5, 5.41) is 0.933. The predicted molar refractivity (Wildman–Crippen MR) is 98.7 cm³/mol. The minimum atomic E-state index is -3.85. The fourth-order valence-electron chi connectivity index (χ4n) is 2.08. The Kier molecular flexibility index (Phi) is 6.98. The predicted octanol–water partition coefficient (Wildman–Crippen LogP) is 2.53. The molecule has 0 amide bonds. The standard InChI is InChI=1S/C19H18FNO5S/c1-14(19(23)16-7-9-17(20)10-8-16)26-18(22)13-21-27(24,25)12-11-15-5-3-2-4-6-15/h2-12,14,21H,13H2,1H3/b12-11+/t14-/m0/s1. The second-order valence-electron chi connectivity index (χ2n) is 5.58. The lowest BCUT2D eigenvalue weighted by Crippen LogP contribution is -2.33. The molecular formula is C19H18FNO5S. The van der Waals surface area contributed by atoms with Crippen LogP contribution in [0.2, 0.25) is 0 Å². The van der Waals surface area contributed by atoms with Crippen molar-refractivity contribution in [3.8, 4) is 0 Å². The summed E-state index contributed by atoms with van der Waals surface area (Å²) in [6.45, 7) is 0.732. The summed E-state index contributed by atoms with van der Waals surface area (Å²) in [4.78, 5) is 23.9. The van der Waals surface area contributed by atoms with Crippen molar-refractivity contribution in [3.05, 3.63) is 76.9 Å². The summed E-state index contributed by atoms with van der Waals surface area (Å²) >= 11 is 0. The Morgan fingerprint density at radius 3 is 2.37 bits per heavy atom. The van der Waals surface area contributed by atoms with Crippen molar-refractivity contribution in [2.45, 2.75) is 13.0 Å². The van der Waals surface area contributed by atoms with Gasteiger partial charge in [0.15, 0.2) is 6.10 Å². The van der Waals surface area contributed by atoms with Crippen LogP contribution in [0.5, 0.6) is 0 Å². The Balaban J connectivity index is 1.86. The molecule has 0 bridgehead atoms. The van der Waals surface area contributed by atoms with Crippen LogP contribution >= 0.6 is 0 Å². The van der Waals surface area contributed by atoms with E-state index in [0.29, 0.717) is 5.56 Å². The molecule has 27 heavy (non-hydrogen) atoms. The van der Waals surface area contributed by atoms with Crippen LogP contribution in [0.3, 0.4) is 0 Å². The molecule has 2 aromatic carbocycles. The van der Waals surface area contributed by atoms with Crippen LogP contribution < -0.4 is 4.72 Å². The van der Waals surface area contributed by atoms with E-state index in [2.05, 4.69) is 4.72 Å².